The van der Waals surface area contributed by atoms with Crippen molar-refractivity contribution >= 4 is 22.6 Å². The summed E-state index contributed by atoms with van der Waals surface area (Å²) in [5.74, 6) is 0. The third-order valence-electron chi connectivity index (χ3n) is 7.48. The van der Waals surface area contributed by atoms with Gasteiger partial charge in [-0.1, -0.05) is 0 Å². The molecule has 1 unspecified atom stereocenters. The highest BCUT2D eigenvalue weighted by molar-refractivity contribution is 5.80. The highest BCUT2D eigenvalue weighted by Crippen LogP contribution is 2.51. The topological polar surface area (TPSA) is 94.6 Å². The fourth-order valence-corrected chi connectivity index (χ4v) is 5.56. The summed E-state index contributed by atoms with van der Waals surface area (Å²) in [6, 6.07) is 7.63. The van der Waals surface area contributed by atoms with Gasteiger partial charge in [0.2, 0.25) is 0 Å². The summed E-state index contributed by atoms with van der Waals surface area (Å²) in [7, 11) is 0. The third-order valence-corrected chi connectivity index (χ3v) is 7.48. The maximum Gasteiger partial charge on any atom is 0.410 e. The summed E-state index contributed by atoms with van der Waals surface area (Å²) in [5, 5.41) is 5.26. The molecular formula is C28H32N6O3. The normalized spacial score (nSPS) is 19.1. The highest BCUT2D eigenvalue weighted by atomic mass is 16.6. The van der Waals surface area contributed by atoms with Crippen LogP contribution in [0.2, 0.25) is 0 Å². The Bertz CT molecular complexity index is 1610. The number of piperidine rings is 1. The van der Waals surface area contributed by atoms with Crippen LogP contribution in [0.3, 0.4) is 0 Å². The highest BCUT2D eigenvalue weighted by Gasteiger charge is 2.54. The monoisotopic (exact) mass is 500 g/mol. The Morgan fingerprint density at radius 2 is 1.89 bits per heavy atom. The molecule has 2 fully saturated rings. The summed E-state index contributed by atoms with van der Waals surface area (Å²) >= 11 is 0. The molecule has 0 N–H and O–H groups in total. The number of carbonyl (C=O) groups is 1. The number of nitrogens with zero attached hydrogens (tertiary/aromatic N) is 6. The number of hydrogen-bond acceptors (Lipinski definition) is 6. The van der Waals surface area contributed by atoms with Crippen LogP contribution < -0.4 is 5.56 Å². The van der Waals surface area contributed by atoms with Gasteiger partial charge in [-0.15, -0.1) is 0 Å². The molecule has 1 aliphatic heterocycles. The molecule has 4 aromatic heterocycles. The zero-order valence-corrected chi connectivity index (χ0v) is 22.0. The third kappa shape index (κ3) is 4.16. The Labute approximate surface area is 215 Å². The number of rotatable bonds is 2. The molecule has 1 aliphatic carbocycles. The van der Waals surface area contributed by atoms with E-state index in [1.807, 2.05) is 80.7 Å². The van der Waals surface area contributed by atoms with Crippen LogP contribution in [0.25, 0.3) is 27.9 Å². The lowest BCUT2D eigenvalue weighted by Gasteiger charge is -2.41. The van der Waals surface area contributed by atoms with Crippen LogP contribution in [0, 0.1) is 13.8 Å². The lowest BCUT2D eigenvalue weighted by Crippen LogP contribution is -2.50. The van der Waals surface area contributed by atoms with Gasteiger partial charge in [0.15, 0.2) is 5.65 Å². The number of aromatic nitrogens is 5. The van der Waals surface area contributed by atoms with E-state index in [1.165, 1.54) is 0 Å². The minimum Gasteiger partial charge on any atom is -0.444 e. The molecule has 1 saturated heterocycles. The first-order valence-electron chi connectivity index (χ1n) is 12.9. The number of imidazole rings is 1. The van der Waals surface area contributed by atoms with E-state index in [9.17, 15) is 9.59 Å². The van der Waals surface area contributed by atoms with Gasteiger partial charge in [-0.2, -0.15) is 5.10 Å². The van der Waals surface area contributed by atoms with Crippen LogP contribution in [-0.2, 0) is 4.74 Å². The van der Waals surface area contributed by atoms with Crippen LogP contribution in [0.1, 0.15) is 63.8 Å². The number of ether oxygens (including phenoxy) is 1. The lowest BCUT2D eigenvalue weighted by molar-refractivity contribution is 0.000498. The molecule has 192 valence electrons. The van der Waals surface area contributed by atoms with Gasteiger partial charge in [0.05, 0.1) is 28.5 Å². The maximum absolute atomic E-state index is 13.5. The van der Waals surface area contributed by atoms with Crippen molar-refractivity contribution in [1.29, 1.82) is 0 Å². The van der Waals surface area contributed by atoms with Gasteiger partial charge in [-0.05, 0) is 90.1 Å². The number of carbonyl (C=O) groups excluding carboxylic acids is 1. The molecule has 0 radical (unpaired) electrons. The van der Waals surface area contributed by atoms with Crippen molar-refractivity contribution in [3.8, 4) is 11.4 Å². The Balaban J connectivity index is 1.28. The van der Waals surface area contributed by atoms with Gasteiger partial charge in [0.25, 0.3) is 5.56 Å². The summed E-state index contributed by atoms with van der Waals surface area (Å²) < 4.78 is 9.27. The molecular weight excluding hydrogens is 468 g/mol. The molecule has 1 amide bonds. The van der Waals surface area contributed by atoms with E-state index in [2.05, 4.69) is 10.1 Å². The molecule has 1 spiro atoms. The minimum absolute atomic E-state index is 0.0361. The van der Waals surface area contributed by atoms with Crippen molar-refractivity contribution in [1.82, 2.24) is 29.0 Å². The molecule has 5 heterocycles. The van der Waals surface area contributed by atoms with E-state index in [4.69, 9.17) is 9.72 Å². The Kier molecular flexibility index (Phi) is 5.19. The second-order valence-corrected chi connectivity index (χ2v) is 11.5. The first kappa shape index (κ1) is 23.6. The molecule has 0 aromatic carbocycles. The van der Waals surface area contributed by atoms with E-state index in [1.54, 1.807) is 4.52 Å². The molecule has 0 bridgehead atoms. The van der Waals surface area contributed by atoms with Crippen molar-refractivity contribution in [3.63, 3.8) is 0 Å². The molecule has 37 heavy (non-hydrogen) atoms. The molecule has 9 heteroatoms. The summed E-state index contributed by atoms with van der Waals surface area (Å²) in [6.07, 6.45) is 6.87. The summed E-state index contributed by atoms with van der Waals surface area (Å²) in [4.78, 5) is 37.5. The van der Waals surface area contributed by atoms with Crippen molar-refractivity contribution in [2.75, 3.05) is 6.54 Å². The molecule has 1 saturated carbocycles. The number of aryl methyl sites for hydroxylation is 2. The molecule has 9 nitrogen and oxygen atoms in total. The number of likely N-dealkylation sites (tertiary alicyclic amines) is 1. The smallest absolute Gasteiger partial charge is 0.410 e. The Morgan fingerprint density at radius 1 is 1.11 bits per heavy atom. The van der Waals surface area contributed by atoms with Gasteiger partial charge < -0.3 is 14.2 Å². The van der Waals surface area contributed by atoms with Crippen LogP contribution in [-0.4, -0.2) is 52.8 Å². The standard InChI is InChI=1S/C28H32N6O3/c1-17-14-23(31-34-16-18(2)29-24(17)34)22-7-6-20-21(30-22)9-12-32(25(20)35)19-8-13-33(28(15-19)10-11-28)26(36)37-27(3,4)5/h6-7,9,12,14,16,19H,8,10-11,13,15H2,1-5H3. The first-order chi connectivity index (χ1) is 17.5. The van der Waals surface area contributed by atoms with Crippen molar-refractivity contribution in [2.24, 2.45) is 0 Å². The predicted molar refractivity (Wildman–Crippen MR) is 141 cm³/mol. The molecule has 2 aliphatic rings. The molecule has 6 rings (SSSR count). The lowest BCUT2D eigenvalue weighted by atomic mass is 9.94. The van der Waals surface area contributed by atoms with Crippen LogP contribution >= 0.6 is 0 Å². The van der Waals surface area contributed by atoms with Crippen molar-refractivity contribution in [2.45, 2.75) is 77.5 Å². The van der Waals surface area contributed by atoms with Gasteiger partial charge in [-0.3, -0.25) is 4.79 Å². The van der Waals surface area contributed by atoms with Gasteiger partial charge in [0, 0.05) is 24.3 Å². The number of hydrogen-bond donors (Lipinski definition) is 0. The quantitative estimate of drug-likeness (QED) is 0.391. The van der Waals surface area contributed by atoms with Gasteiger partial charge >= 0.3 is 6.09 Å². The van der Waals surface area contributed by atoms with Crippen LogP contribution in [0.5, 0.6) is 0 Å². The second-order valence-electron chi connectivity index (χ2n) is 11.5. The summed E-state index contributed by atoms with van der Waals surface area (Å²) in [5.41, 5.74) is 4.07. The first-order valence-corrected chi connectivity index (χ1v) is 12.9. The van der Waals surface area contributed by atoms with Crippen LogP contribution in [0.4, 0.5) is 4.79 Å². The number of amides is 1. The van der Waals surface area contributed by atoms with Gasteiger partial charge in [0.1, 0.15) is 11.3 Å². The van der Waals surface area contributed by atoms with Gasteiger partial charge in [-0.25, -0.2) is 19.3 Å². The predicted octanol–water partition coefficient (Wildman–Crippen LogP) is 4.83. The van der Waals surface area contributed by atoms with E-state index >= 15 is 0 Å². The number of pyridine rings is 2. The Morgan fingerprint density at radius 3 is 2.62 bits per heavy atom. The fourth-order valence-electron chi connectivity index (χ4n) is 5.56. The second kappa shape index (κ2) is 8.13. The molecule has 4 aromatic rings. The molecule has 1 atom stereocenters. The Hall–Kier alpha value is -3.75. The fraction of sp³-hybridized carbons (Fsp3) is 0.464. The zero-order valence-electron chi connectivity index (χ0n) is 22.0. The average molecular weight is 501 g/mol. The van der Waals surface area contributed by atoms with E-state index in [0.29, 0.717) is 29.6 Å². The zero-order chi connectivity index (χ0) is 26.1. The largest absolute Gasteiger partial charge is 0.444 e. The van der Waals surface area contributed by atoms with Crippen LogP contribution in [0.15, 0.2) is 41.5 Å². The minimum atomic E-state index is -0.525. The summed E-state index contributed by atoms with van der Waals surface area (Å²) in [6.45, 7) is 10.2. The average Bonchev–Trinajstić information content (AvgIpc) is 3.47. The van der Waals surface area contributed by atoms with E-state index in [0.717, 1.165) is 41.9 Å². The number of fused-ring (bicyclic) bond motifs is 2. The van der Waals surface area contributed by atoms with E-state index < -0.39 is 5.60 Å². The van der Waals surface area contributed by atoms with Crippen molar-refractivity contribution in [3.05, 3.63) is 58.3 Å². The van der Waals surface area contributed by atoms with Crippen molar-refractivity contribution < 1.29 is 9.53 Å². The SMILES string of the molecule is Cc1cn2nc(-c3ccc4c(=O)n(C5CCN(C(=O)OC(C)(C)C)C6(CC6)C5)ccc4n3)cc(C)c2n1. The van der Waals surface area contributed by atoms with E-state index in [-0.39, 0.29) is 23.2 Å². The maximum atomic E-state index is 13.5.